The highest BCUT2D eigenvalue weighted by molar-refractivity contribution is 4.66. The summed E-state index contributed by atoms with van der Waals surface area (Å²) in [5, 5.41) is 8.84. The molecule has 0 saturated heterocycles. The minimum absolute atomic E-state index is 0.344. The molecule has 0 aromatic heterocycles. The van der Waals surface area contributed by atoms with Crippen molar-refractivity contribution < 1.29 is 5.11 Å². The van der Waals surface area contributed by atoms with E-state index in [9.17, 15) is 0 Å². The molecule has 0 aromatic rings. The molecule has 0 fully saturated rings. The Balaban J connectivity index is 3.35. The molecule has 0 aliphatic heterocycles. The average Bonchev–Trinajstić information content (AvgIpc) is 2.12. The smallest absolute Gasteiger partial charge is 0.0456 e. The molecule has 0 aliphatic rings. The molecule has 1 nitrogen and oxygen atoms in total. The summed E-state index contributed by atoms with van der Waals surface area (Å²) in [6.07, 6.45) is 6.34. The Labute approximate surface area is 83.5 Å². The first-order valence-electron chi connectivity index (χ1n) is 5.62. The first kappa shape index (κ1) is 13.0. The summed E-state index contributed by atoms with van der Waals surface area (Å²) in [4.78, 5) is 0. The summed E-state index contributed by atoms with van der Waals surface area (Å²) < 4.78 is 0. The first-order chi connectivity index (χ1) is 6.02. The van der Waals surface area contributed by atoms with Crippen molar-refractivity contribution in [2.75, 3.05) is 6.61 Å². The van der Waals surface area contributed by atoms with Crippen molar-refractivity contribution in [1.29, 1.82) is 0 Å². The van der Waals surface area contributed by atoms with Gasteiger partial charge in [0.1, 0.15) is 0 Å². The molecule has 0 amide bonds. The molecular weight excluding hydrogens is 160 g/mol. The normalized spacial score (nSPS) is 14.5. The zero-order valence-electron chi connectivity index (χ0n) is 9.77. The van der Waals surface area contributed by atoms with Crippen LogP contribution in [-0.4, -0.2) is 11.7 Å². The molecule has 0 rings (SSSR count). The standard InChI is InChI=1S/C12H26O/c1-5-12(3,4)9-7-6-8-11(2)10-13/h11,13H,5-10H2,1-4H3. The molecule has 13 heavy (non-hydrogen) atoms. The van der Waals surface area contributed by atoms with Gasteiger partial charge in [0.05, 0.1) is 0 Å². The van der Waals surface area contributed by atoms with Crippen LogP contribution in [0, 0.1) is 11.3 Å². The second-order valence-electron chi connectivity index (χ2n) is 5.05. The number of aliphatic hydroxyl groups excluding tert-OH is 1. The third-order valence-electron chi connectivity index (χ3n) is 3.07. The van der Waals surface area contributed by atoms with Gasteiger partial charge in [-0.05, 0) is 24.2 Å². The van der Waals surface area contributed by atoms with Crippen LogP contribution < -0.4 is 0 Å². The van der Waals surface area contributed by atoms with Gasteiger partial charge in [0.15, 0.2) is 0 Å². The molecule has 0 saturated carbocycles. The lowest BCUT2D eigenvalue weighted by Gasteiger charge is -2.22. The van der Waals surface area contributed by atoms with Gasteiger partial charge >= 0.3 is 0 Å². The van der Waals surface area contributed by atoms with Gasteiger partial charge in [-0.2, -0.15) is 0 Å². The van der Waals surface area contributed by atoms with Gasteiger partial charge in [-0.15, -0.1) is 0 Å². The monoisotopic (exact) mass is 186 g/mol. The lowest BCUT2D eigenvalue weighted by atomic mass is 9.84. The predicted molar refractivity (Wildman–Crippen MR) is 58.8 cm³/mol. The molecule has 1 unspecified atom stereocenters. The number of aliphatic hydroxyl groups is 1. The van der Waals surface area contributed by atoms with Crippen molar-refractivity contribution in [3.63, 3.8) is 0 Å². The van der Waals surface area contributed by atoms with E-state index in [0.29, 0.717) is 17.9 Å². The van der Waals surface area contributed by atoms with Crippen LogP contribution in [0.25, 0.3) is 0 Å². The van der Waals surface area contributed by atoms with Crippen molar-refractivity contribution >= 4 is 0 Å². The van der Waals surface area contributed by atoms with E-state index >= 15 is 0 Å². The van der Waals surface area contributed by atoms with Gasteiger partial charge in [-0.1, -0.05) is 47.0 Å². The number of hydrogen-bond acceptors (Lipinski definition) is 1. The zero-order chi connectivity index (χ0) is 10.3. The molecule has 0 radical (unpaired) electrons. The fraction of sp³-hybridized carbons (Fsp3) is 1.00. The van der Waals surface area contributed by atoms with Crippen LogP contribution in [0.15, 0.2) is 0 Å². The first-order valence-corrected chi connectivity index (χ1v) is 5.62. The Kier molecular flexibility index (Phi) is 6.40. The predicted octanol–water partition coefficient (Wildman–Crippen LogP) is 3.61. The van der Waals surface area contributed by atoms with Gasteiger partial charge < -0.3 is 5.11 Å². The second kappa shape index (κ2) is 6.42. The van der Waals surface area contributed by atoms with Crippen molar-refractivity contribution in [3.8, 4) is 0 Å². The molecule has 0 bridgehead atoms. The van der Waals surface area contributed by atoms with Crippen LogP contribution in [-0.2, 0) is 0 Å². The second-order valence-corrected chi connectivity index (χ2v) is 5.05. The summed E-state index contributed by atoms with van der Waals surface area (Å²) in [6.45, 7) is 9.39. The van der Waals surface area contributed by atoms with Crippen LogP contribution in [0.4, 0.5) is 0 Å². The maximum Gasteiger partial charge on any atom is 0.0456 e. The summed E-state index contributed by atoms with van der Waals surface area (Å²) in [5.74, 6) is 0.490. The summed E-state index contributed by atoms with van der Waals surface area (Å²) in [5.41, 5.74) is 0.516. The minimum Gasteiger partial charge on any atom is -0.396 e. The summed E-state index contributed by atoms with van der Waals surface area (Å²) in [7, 11) is 0. The quantitative estimate of drug-likeness (QED) is 0.602. The number of rotatable bonds is 7. The van der Waals surface area contributed by atoms with Gasteiger partial charge in [0.2, 0.25) is 0 Å². The lowest BCUT2D eigenvalue weighted by Crippen LogP contribution is -2.09. The van der Waals surface area contributed by atoms with Crippen LogP contribution in [0.2, 0.25) is 0 Å². The van der Waals surface area contributed by atoms with Crippen LogP contribution in [0.5, 0.6) is 0 Å². The summed E-state index contributed by atoms with van der Waals surface area (Å²) in [6, 6.07) is 0. The fourth-order valence-corrected chi connectivity index (χ4v) is 1.36. The van der Waals surface area contributed by atoms with E-state index in [1.807, 2.05) is 0 Å². The topological polar surface area (TPSA) is 20.2 Å². The Morgan fingerprint density at radius 2 is 1.85 bits per heavy atom. The van der Waals surface area contributed by atoms with Crippen LogP contribution >= 0.6 is 0 Å². The van der Waals surface area contributed by atoms with Gasteiger partial charge in [0.25, 0.3) is 0 Å². The Morgan fingerprint density at radius 3 is 2.31 bits per heavy atom. The number of hydrogen-bond donors (Lipinski definition) is 1. The summed E-state index contributed by atoms with van der Waals surface area (Å²) >= 11 is 0. The highest BCUT2D eigenvalue weighted by Crippen LogP contribution is 2.27. The highest BCUT2D eigenvalue weighted by atomic mass is 16.3. The van der Waals surface area contributed by atoms with Crippen LogP contribution in [0.3, 0.4) is 0 Å². The van der Waals surface area contributed by atoms with E-state index in [1.165, 1.54) is 32.1 Å². The van der Waals surface area contributed by atoms with Gasteiger partial charge in [-0.3, -0.25) is 0 Å². The van der Waals surface area contributed by atoms with Gasteiger partial charge in [-0.25, -0.2) is 0 Å². The third kappa shape index (κ3) is 7.06. The van der Waals surface area contributed by atoms with Crippen molar-refractivity contribution in [1.82, 2.24) is 0 Å². The molecule has 0 heterocycles. The van der Waals surface area contributed by atoms with E-state index in [0.717, 1.165) is 0 Å². The Morgan fingerprint density at radius 1 is 1.23 bits per heavy atom. The largest absolute Gasteiger partial charge is 0.396 e. The fourth-order valence-electron chi connectivity index (χ4n) is 1.36. The van der Waals surface area contributed by atoms with E-state index < -0.39 is 0 Å². The third-order valence-corrected chi connectivity index (χ3v) is 3.07. The van der Waals surface area contributed by atoms with E-state index in [-0.39, 0.29) is 0 Å². The molecule has 0 aliphatic carbocycles. The Hall–Kier alpha value is -0.0400. The highest BCUT2D eigenvalue weighted by Gasteiger charge is 2.13. The maximum absolute atomic E-state index is 8.84. The van der Waals surface area contributed by atoms with Gasteiger partial charge in [0, 0.05) is 6.61 Å². The molecule has 1 N–H and O–H groups in total. The van der Waals surface area contributed by atoms with Crippen molar-refractivity contribution in [3.05, 3.63) is 0 Å². The minimum atomic E-state index is 0.344. The molecule has 0 aromatic carbocycles. The molecule has 80 valence electrons. The van der Waals surface area contributed by atoms with Crippen LogP contribution in [0.1, 0.15) is 59.8 Å². The van der Waals surface area contributed by atoms with E-state index in [1.54, 1.807) is 0 Å². The lowest BCUT2D eigenvalue weighted by molar-refractivity contribution is 0.223. The zero-order valence-corrected chi connectivity index (χ0v) is 9.77. The Bertz CT molecular complexity index is 118. The SMILES string of the molecule is CCC(C)(C)CCCCC(C)CO. The van der Waals surface area contributed by atoms with Crippen molar-refractivity contribution in [2.24, 2.45) is 11.3 Å². The molecule has 0 spiro atoms. The van der Waals surface area contributed by atoms with E-state index in [2.05, 4.69) is 27.7 Å². The van der Waals surface area contributed by atoms with E-state index in [4.69, 9.17) is 5.11 Å². The average molecular weight is 186 g/mol. The molecule has 1 heteroatoms. The number of unbranched alkanes of at least 4 members (excludes halogenated alkanes) is 1. The molecular formula is C12H26O. The maximum atomic E-state index is 8.84. The van der Waals surface area contributed by atoms with Crippen molar-refractivity contribution in [2.45, 2.75) is 59.8 Å². The molecule has 1 atom stereocenters.